The van der Waals surface area contributed by atoms with Crippen LogP contribution in [0.2, 0.25) is 0 Å². The van der Waals surface area contributed by atoms with Crippen molar-refractivity contribution in [1.82, 2.24) is 14.8 Å². The molecule has 1 atom stereocenters. The standard InChI is InChI=1S/C16H21N3O2/c1-19-15(17-12-18-19)11-14(20)16(7-9-21-10-8-16)13-5-3-2-4-6-13/h2-6,12,14,20H,7-11H2,1H3. The monoisotopic (exact) mass is 287 g/mol. The first kappa shape index (κ1) is 14.2. The van der Waals surface area contributed by atoms with Crippen LogP contribution in [0.3, 0.4) is 0 Å². The van der Waals surface area contributed by atoms with E-state index in [4.69, 9.17) is 4.74 Å². The zero-order valence-corrected chi connectivity index (χ0v) is 12.3. The molecule has 1 aromatic carbocycles. The lowest BCUT2D eigenvalue weighted by molar-refractivity contribution is -0.0164. The highest BCUT2D eigenvalue weighted by atomic mass is 16.5. The maximum atomic E-state index is 10.9. The molecule has 5 nitrogen and oxygen atoms in total. The molecule has 1 unspecified atom stereocenters. The Bertz CT molecular complexity index is 576. The zero-order chi connectivity index (χ0) is 14.7. The van der Waals surface area contributed by atoms with Gasteiger partial charge in [-0.05, 0) is 18.4 Å². The number of aryl methyl sites for hydroxylation is 1. The molecule has 1 aromatic heterocycles. The lowest BCUT2D eigenvalue weighted by Gasteiger charge is -2.41. The first-order valence-corrected chi connectivity index (χ1v) is 7.36. The zero-order valence-electron chi connectivity index (χ0n) is 12.3. The fourth-order valence-electron chi connectivity index (χ4n) is 3.19. The van der Waals surface area contributed by atoms with Crippen molar-refractivity contribution in [2.24, 2.45) is 7.05 Å². The Morgan fingerprint density at radius 3 is 2.62 bits per heavy atom. The van der Waals surface area contributed by atoms with Crippen molar-refractivity contribution in [3.63, 3.8) is 0 Å². The second-order valence-corrected chi connectivity index (χ2v) is 5.65. The van der Waals surface area contributed by atoms with E-state index in [0.29, 0.717) is 19.6 Å². The normalized spacial score (nSPS) is 19.3. The number of hydrogen-bond acceptors (Lipinski definition) is 4. The van der Waals surface area contributed by atoms with Crippen LogP contribution in [0.4, 0.5) is 0 Å². The third kappa shape index (κ3) is 2.71. The highest BCUT2D eigenvalue weighted by Crippen LogP contribution is 2.39. The Labute approximate surface area is 124 Å². The van der Waals surface area contributed by atoms with Gasteiger partial charge in [-0.1, -0.05) is 30.3 Å². The fourth-order valence-corrected chi connectivity index (χ4v) is 3.19. The first-order chi connectivity index (χ1) is 10.2. The summed E-state index contributed by atoms with van der Waals surface area (Å²) in [6.07, 6.45) is 3.20. The van der Waals surface area contributed by atoms with Crippen molar-refractivity contribution in [3.05, 3.63) is 48.0 Å². The van der Waals surface area contributed by atoms with Crippen molar-refractivity contribution in [2.75, 3.05) is 13.2 Å². The average molecular weight is 287 g/mol. The molecule has 1 fully saturated rings. The van der Waals surface area contributed by atoms with E-state index in [1.54, 1.807) is 4.68 Å². The van der Waals surface area contributed by atoms with Gasteiger partial charge in [-0.15, -0.1) is 0 Å². The lowest BCUT2D eigenvalue weighted by atomic mass is 9.69. The van der Waals surface area contributed by atoms with Gasteiger partial charge in [0.15, 0.2) is 0 Å². The van der Waals surface area contributed by atoms with Gasteiger partial charge >= 0.3 is 0 Å². The van der Waals surface area contributed by atoms with Crippen LogP contribution in [0.25, 0.3) is 0 Å². The summed E-state index contributed by atoms with van der Waals surface area (Å²) < 4.78 is 7.23. The summed E-state index contributed by atoms with van der Waals surface area (Å²) in [5.41, 5.74) is 0.925. The molecule has 1 aliphatic rings. The van der Waals surface area contributed by atoms with Crippen LogP contribution in [-0.4, -0.2) is 39.2 Å². The fraction of sp³-hybridized carbons (Fsp3) is 0.500. The topological polar surface area (TPSA) is 60.2 Å². The maximum absolute atomic E-state index is 10.9. The summed E-state index contributed by atoms with van der Waals surface area (Å²) in [6, 6.07) is 10.3. The molecule has 0 amide bonds. The van der Waals surface area contributed by atoms with E-state index in [2.05, 4.69) is 22.2 Å². The Hall–Kier alpha value is -1.72. The highest BCUT2D eigenvalue weighted by Gasteiger charge is 2.41. The second-order valence-electron chi connectivity index (χ2n) is 5.65. The molecule has 0 bridgehead atoms. The minimum Gasteiger partial charge on any atom is -0.392 e. The van der Waals surface area contributed by atoms with Gasteiger partial charge in [0.25, 0.3) is 0 Å². The number of rotatable bonds is 4. The predicted molar refractivity (Wildman–Crippen MR) is 78.9 cm³/mol. The summed E-state index contributed by atoms with van der Waals surface area (Å²) in [5, 5.41) is 15.0. The van der Waals surface area contributed by atoms with Crippen LogP contribution in [-0.2, 0) is 23.6 Å². The Kier molecular flexibility index (Phi) is 4.03. The number of aliphatic hydroxyl groups is 1. The minimum absolute atomic E-state index is 0.258. The van der Waals surface area contributed by atoms with E-state index in [1.807, 2.05) is 25.2 Å². The molecule has 112 valence electrons. The smallest absolute Gasteiger partial charge is 0.138 e. The van der Waals surface area contributed by atoms with Crippen LogP contribution < -0.4 is 0 Å². The second kappa shape index (κ2) is 5.95. The van der Waals surface area contributed by atoms with Crippen LogP contribution in [0.1, 0.15) is 24.2 Å². The molecule has 1 saturated heterocycles. The van der Waals surface area contributed by atoms with Crippen molar-refractivity contribution in [3.8, 4) is 0 Å². The van der Waals surface area contributed by atoms with Crippen LogP contribution in [0.5, 0.6) is 0 Å². The predicted octanol–water partition coefficient (Wildman–Crippen LogP) is 1.47. The van der Waals surface area contributed by atoms with Gasteiger partial charge in [0.1, 0.15) is 12.2 Å². The first-order valence-electron chi connectivity index (χ1n) is 7.36. The number of ether oxygens (including phenoxy) is 1. The lowest BCUT2D eigenvalue weighted by Crippen LogP contribution is -2.45. The van der Waals surface area contributed by atoms with Crippen LogP contribution in [0.15, 0.2) is 36.7 Å². The largest absolute Gasteiger partial charge is 0.392 e. The summed E-state index contributed by atoms with van der Waals surface area (Å²) in [7, 11) is 1.86. The molecule has 0 radical (unpaired) electrons. The number of aromatic nitrogens is 3. The van der Waals surface area contributed by atoms with E-state index in [9.17, 15) is 5.11 Å². The molecule has 1 N–H and O–H groups in total. The Morgan fingerprint density at radius 2 is 2.00 bits per heavy atom. The number of hydrogen-bond donors (Lipinski definition) is 1. The summed E-state index contributed by atoms with van der Waals surface area (Å²) in [6.45, 7) is 1.37. The molecule has 0 spiro atoms. The van der Waals surface area contributed by atoms with Crippen molar-refractivity contribution < 1.29 is 9.84 Å². The van der Waals surface area contributed by atoms with Crippen molar-refractivity contribution in [2.45, 2.75) is 30.8 Å². The summed E-state index contributed by atoms with van der Waals surface area (Å²) in [4.78, 5) is 4.24. The molecule has 1 aliphatic heterocycles. The van der Waals surface area contributed by atoms with Crippen molar-refractivity contribution >= 4 is 0 Å². The Balaban J connectivity index is 1.90. The van der Waals surface area contributed by atoms with Gasteiger partial charge in [0.05, 0.1) is 6.10 Å². The van der Waals surface area contributed by atoms with E-state index in [-0.39, 0.29) is 5.41 Å². The van der Waals surface area contributed by atoms with E-state index in [0.717, 1.165) is 18.7 Å². The Morgan fingerprint density at radius 1 is 1.29 bits per heavy atom. The maximum Gasteiger partial charge on any atom is 0.138 e. The third-order valence-corrected chi connectivity index (χ3v) is 4.55. The van der Waals surface area contributed by atoms with E-state index >= 15 is 0 Å². The van der Waals surface area contributed by atoms with Crippen LogP contribution >= 0.6 is 0 Å². The van der Waals surface area contributed by atoms with Gasteiger partial charge in [0.2, 0.25) is 0 Å². The van der Waals surface area contributed by atoms with E-state index in [1.165, 1.54) is 11.9 Å². The molecular formula is C16H21N3O2. The summed E-state index contributed by atoms with van der Waals surface area (Å²) in [5.74, 6) is 0.810. The molecule has 3 rings (SSSR count). The number of nitrogens with zero attached hydrogens (tertiary/aromatic N) is 3. The highest BCUT2D eigenvalue weighted by molar-refractivity contribution is 5.28. The summed E-state index contributed by atoms with van der Waals surface area (Å²) >= 11 is 0. The quantitative estimate of drug-likeness (QED) is 0.925. The van der Waals surface area contributed by atoms with Gasteiger partial charge in [-0.3, -0.25) is 4.68 Å². The number of aliphatic hydroxyl groups excluding tert-OH is 1. The van der Waals surface area contributed by atoms with Crippen LogP contribution in [0, 0.1) is 0 Å². The molecule has 2 heterocycles. The van der Waals surface area contributed by atoms with Gasteiger partial charge in [-0.25, -0.2) is 4.98 Å². The minimum atomic E-state index is -0.494. The van der Waals surface area contributed by atoms with Crippen molar-refractivity contribution in [1.29, 1.82) is 0 Å². The van der Waals surface area contributed by atoms with E-state index < -0.39 is 6.10 Å². The molecule has 5 heteroatoms. The SMILES string of the molecule is Cn1ncnc1CC(O)C1(c2ccccc2)CCOCC1. The van der Waals surface area contributed by atoms with Gasteiger partial charge in [0, 0.05) is 32.1 Å². The molecule has 21 heavy (non-hydrogen) atoms. The average Bonchev–Trinajstić information content (AvgIpc) is 2.94. The number of benzene rings is 1. The van der Waals surface area contributed by atoms with Gasteiger partial charge in [-0.2, -0.15) is 5.10 Å². The third-order valence-electron chi connectivity index (χ3n) is 4.55. The molecule has 2 aromatic rings. The molecular weight excluding hydrogens is 266 g/mol. The molecule has 0 aliphatic carbocycles. The van der Waals surface area contributed by atoms with Gasteiger partial charge < -0.3 is 9.84 Å². The molecule has 0 saturated carbocycles.